The van der Waals surface area contributed by atoms with Crippen LogP contribution in [0, 0.1) is 0 Å². The molecular formula is C26H36N4O3S. The van der Waals surface area contributed by atoms with Gasteiger partial charge in [-0.15, -0.1) is 11.3 Å². The molecule has 184 valence electrons. The number of thiazole rings is 1. The summed E-state index contributed by atoms with van der Waals surface area (Å²) in [5, 5.41) is 2.16. The number of amides is 2. The van der Waals surface area contributed by atoms with Crippen LogP contribution in [-0.4, -0.2) is 58.4 Å². The number of nitrogen functional groups attached to an aromatic ring is 1. The van der Waals surface area contributed by atoms with Crippen molar-refractivity contribution in [1.29, 1.82) is 0 Å². The molecule has 1 aliphatic heterocycles. The summed E-state index contributed by atoms with van der Waals surface area (Å²) in [4.78, 5) is 35.2. The Hall–Kier alpha value is -2.61. The molecule has 0 unspecified atom stereocenters. The van der Waals surface area contributed by atoms with Gasteiger partial charge in [-0.05, 0) is 50.7 Å². The summed E-state index contributed by atoms with van der Waals surface area (Å²) in [6.45, 7) is 4.28. The van der Waals surface area contributed by atoms with E-state index >= 15 is 0 Å². The van der Waals surface area contributed by atoms with Crippen molar-refractivity contribution in [2.24, 2.45) is 0 Å². The Kier molecular flexibility index (Phi) is 8.43. The van der Waals surface area contributed by atoms with Crippen molar-refractivity contribution >= 4 is 28.3 Å². The number of nitrogens with zero attached hydrogens (tertiary/aromatic N) is 3. The third-order valence-corrected chi connectivity index (χ3v) is 7.50. The van der Waals surface area contributed by atoms with Crippen LogP contribution in [0.3, 0.4) is 0 Å². The number of fused-ring (bicyclic) bond motifs is 2. The number of benzene rings is 1. The number of nitrogens with two attached hydrogens (primary N) is 1. The topological polar surface area (TPSA) is 88.8 Å². The largest absolute Gasteiger partial charge is 0.487 e. The van der Waals surface area contributed by atoms with Crippen LogP contribution in [0.15, 0.2) is 29.6 Å². The highest BCUT2D eigenvalue weighted by Crippen LogP contribution is 2.31. The molecule has 2 aromatic rings. The zero-order valence-electron chi connectivity index (χ0n) is 20.1. The van der Waals surface area contributed by atoms with Gasteiger partial charge in [0, 0.05) is 25.0 Å². The molecule has 2 aliphatic rings. The van der Waals surface area contributed by atoms with Crippen LogP contribution in [0.25, 0.3) is 0 Å². The number of aromatic nitrogens is 1. The molecule has 0 spiro atoms. The number of hydrogen-bond acceptors (Lipinski definition) is 6. The number of ether oxygens (including phenoxy) is 1. The van der Waals surface area contributed by atoms with E-state index in [1.54, 1.807) is 5.38 Å². The monoisotopic (exact) mass is 484 g/mol. The van der Waals surface area contributed by atoms with Crippen LogP contribution in [0.5, 0.6) is 5.75 Å². The molecule has 1 fully saturated rings. The van der Waals surface area contributed by atoms with Gasteiger partial charge in [0.25, 0.3) is 11.8 Å². The molecule has 4 rings (SSSR count). The average molecular weight is 485 g/mol. The number of hydrogen-bond donors (Lipinski definition) is 1. The van der Waals surface area contributed by atoms with Crippen LogP contribution in [0.4, 0.5) is 5.13 Å². The molecule has 0 bridgehead atoms. The second-order valence-corrected chi connectivity index (χ2v) is 10.2. The minimum Gasteiger partial charge on any atom is -0.487 e. The van der Waals surface area contributed by atoms with Crippen molar-refractivity contribution < 1.29 is 14.3 Å². The maximum atomic E-state index is 13.5. The molecule has 2 heterocycles. The Bertz CT molecular complexity index is 978. The molecule has 8 heteroatoms. The Labute approximate surface area is 206 Å². The number of carbonyl (C=O) groups excluding carboxylic acids is 2. The lowest BCUT2D eigenvalue weighted by Gasteiger charge is -2.40. The molecule has 2 amide bonds. The Morgan fingerprint density at radius 2 is 1.88 bits per heavy atom. The van der Waals surface area contributed by atoms with E-state index in [2.05, 4.69) is 11.9 Å². The zero-order chi connectivity index (χ0) is 23.9. The van der Waals surface area contributed by atoms with Crippen LogP contribution in [0.2, 0.25) is 0 Å². The van der Waals surface area contributed by atoms with Gasteiger partial charge >= 0.3 is 0 Å². The first kappa shape index (κ1) is 24.5. The van der Waals surface area contributed by atoms with E-state index in [0.717, 1.165) is 70.9 Å². The maximum absolute atomic E-state index is 13.5. The molecule has 1 aromatic carbocycles. The average Bonchev–Trinajstić information content (AvgIpc) is 3.29. The molecule has 7 nitrogen and oxygen atoms in total. The van der Waals surface area contributed by atoms with E-state index in [-0.39, 0.29) is 24.0 Å². The number of rotatable bonds is 3. The second-order valence-electron chi connectivity index (χ2n) is 9.28. The second kappa shape index (κ2) is 11.7. The molecule has 1 aromatic heterocycles. The SMILES string of the molecule is CCCN1CCCCCCN(C(=O)c2csc(N)n2)[C@@H]2CCCC[C@@H]2Oc2ccccc2C1=O. The van der Waals surface area contributed by atoms with Gasteiger partial charge < -0.3 is 20.3 Å². The van der Waals surface area contributed by atoms with Crippen molar-refractivity contribution in [3.63, 3.8) is 0 Å². The fourth-order valence-electron chi connectivity index (χ4n) is 5.12. The van der Waals surface area contributed by atoms with Gasteiger partial charge in [0.05, 0.1) is 11.6 Å². The van der Waals surface area contributed by atoms with Crippen molar-refractivity contribution in [3.8, 4) is 5.75 Å². The van der Waals surface area contributed by atoms with Gasteiger partial charge in [-0.2, -0.15) is 0 Å². The summed E-state index contributed by atoms with van der Waals surface area (Å²) in [5.74, 6) is 0.583. The molecule has 34 heavy (non-hydrogen) atoms. The van der Waals surface area contributed by atoms with E-state index in [0.29, 0.717) is 28.7 Å². The van der Waals surface area contributed by atoms with Crippen molar-refractivity contribution in [2.45, 2.75) is 76.9 Å². The number of anilines is 1. The third-order valence-electron chi connectivity index (χ3n) is 6.82. The highest BCUT2D eigenvalue weighted by molar-refractivity contribution is 7.13. The standard InChI is InChI=1S/C26H36N4O3S/c1-2-15-29-16-9-3-4-10-17-30(25(32)20-18-34-26(27)28-20)21-12-6-8-14-23(21)33-22-13-7-5-11-19(22)24(29)31/h5,7,11,13,18,21,23H,2-4,6,8-10,12,14-17H2,1H3,(H2,27,28)/t21-,23+/m1/s1. The summed E-state index contributed by atoms with van der Waals surface area (Å²) >= 11 is 1.29. The highest BCUT2D eigenvalue weighted by Gasteiger charge is 2.36. The molecular weight excluding hydrogens is 448 g/mol. The number of para-hydroxylation sites is 1. The fourth-order valence-corrected chi connectivity index (χ4v) is 5.66. The first-order chi connectivity index (χ1) is 16.6. The van der Waals surface area contributed by atoms with Crippen LogP contribution in [0.1, 0.15) is 85.6 Å². The van der Waals surface area contributed by atoms with E-state index < -0.39 is 0 Å². The molecule has 2 atom stereocenters. The molecule has 0 radical (unpaired) electrons. The lowest BCUT2D eigenvalue weighted by atomic mass is 9.90. The quantitative estimate of drug-likeness (QED) is 0.663. The summed E-state index contributed by atoms with van der Waals surface area (Å²) in [6.07, 6.45) is 8.54. The molecule has 1 aliphatic carbocycles. The first-order valence-electron chi connectivity index (χ1n) is 12.7. The Morgan fingerprint density at radius 3 is 2.65 bits per heavy atom. The minimum atomic E-state index is -0.162. The van der Waals surface area contributed by atoms with Crippen LogP contribution < -0.4 is 10.5 Å². The van der Waals surface area contributed by atoms with Crippen LogP contribution in [-0.2, 0) is 0 Å². The lowest BCUT2D eigenvalue weighted by Crippen LogP contribution is -2.51. The van der Waals surface area contributed by atoms with E-state index in [1.807, 2.05) is 34.1 Å². The maximum Gasteiger partial charge on any atom is 0.273 e. The normalized spacial score (nSPS) is 22.3. The predicted molar refractivity (Wildman–Crippen MR) is 135 cm³/mol. The minimum absolute atomic E-state index is 0.0350. The highest BCUT2D eigenvalue weighted by atomic mass is 32.1. The van der Waals surface area contributed by atoms with E-state index in [4.69, 9.17) is 10.5 Å². The van der Waals surface area contributed by atoms with Gasteiger partial charge in [-0.3, -0.25) is 9.59 Å². The van der Waals surface area contributed by atoms with Crippen molar-refractivity contribution in [3.05, 3.63) is 40.9 Å². The van der Waals surface area contributed by atoms with Crippen LogP contribution >= 0.6 is 11.3 Å². The number of carbonyl (C=O) groups is 2. The van der Waals surface area contributed by atoms with Gasteiger partial charge in [0.15, 0.2) is 5.13 Å². The van der Waals surface area contributed by atoms with Gasteiger partial charge in [0.1, 0.15) is 17.5 Å². The molecule has 1 saturated carbocycles. The van der Waals surface area contributed by atoms with Gasteiger partial charge in [0.2, 0.25) is 0 Å². The van der Waals surface area contributed by atoms with Gasteiger partial charge in [-0.25, -0.2) is 4.98 Å². The Balaban J connectivity index is 1.66. The van der Waals surface area contributed by atoms with Gasteiger partial charge in [-0.1, -0.05) is 38.3 Å². The summed E-state index contributed by atoms with van der Waals surface area (Å²) in [7, 11) is 0. The lowest BCUT2D eigenvalue weighted by molar-refractivity contribution is 0.0263. The van der Waals surface area contributed by atoms with E-state index in [9.17, 15) is 9.59 Å². The predicted octanol–water partition coefficient (Wildman–Crippen LogP) is 4.98. The molecule has 0 saturated heterocycles. The van der Waals surface area contributed by atoms with Crippen molar-refractivity contribution in [2.75, 3.05) is 25.4 Å². The third kappa shape index (κ3) is 5.71. The summed E-state index contributed by atoms with van der Waals surface area (Å²) in [5.41, 5.74) is 6.85. The Morgan fingerprint density at radius 1 is 1.12 bits per heavy atom. The fraction of sp³-hybridized carbons (Fsp3) is 0.577. The molecule has 2 N–H and O–H groups in total. The zero-order valence-corrected chi connectivity index (χ0v) is 20.9. The van der Waals surface area contributed by atoms with E-state index in [1.165, 1.54) is 11.3 Å². The van der Waals surface area contributed by atoms with Crippen molar-refractivity contribution in [1.82, 2.24) is 14.8 Å². The summed E-state index contributed by atoms with van der Waals surface area (Å²) in [6, 6.07) is 7.52. The smallest absolute Gasteiger partial charge is 0.273 e. The first-order valence-corrected chi connectivity index (χ1v) is 13.5. The summed E-state index contributed by atoms with van der Waals surface area (Å²) < 4.78 is 6.58.